The highest BCUT2D eigenvalue weighted by Crippen LogP contribution is 2.31. The van der Waals surface area contributed by atoms with Gasteiger partial charge < -0.3 is 0 Å². The average molecular weight is 248 g/mol. The molecule has 0 saturated heterocycles. The van der Waals surface area contributed by atoms with Crippen LogP contribution in [-0.4, -0.2) is 13.7 Å². The van der Waals surface area contributed by atoms with Gasteiger partial charge in [-0.3, -0.25) is 4.98 Å². The number of aromatic nitrogens is 3. The summed E-state index contributed by atoms with van der Waals surface area (Å²) in [4.78, 5) is 4.13. The predicted molar refractivity (Wildman–Crippen MR) is 65.7 cm³/mol. The standard InChI is InChI=1S/C11H6ClN3S/c12-11-10(14-16-15-11)8-3-1-2-7-4-5-13-6-9(7)8/h1-6H. The van der Waals surface area contributed by atoms with Gasteiger partial charge in [-0.25, -0.2) is 0 Å². The van der Waals surface area contributed by atoms with Gasteiger partial charge in [0.25, 0.3) is 0 Å². The lowest BCUT2D eigenvalue weighted by molar-refractivity contribution is 1.36. The van der Waals surface area contributed by atoms with Gasteiger partial charge in [0.15, 0.2) is 5.15 Å². The summed E-state index contributed by atoms with van der Waals surface area (Å²) in [6, 6.07) is 7.96. The van der Waals surface area contributed by atoms with Crippen molar-refractivity contribution in [2.45, 2.75) is 0 Å². The molecule has 0 spiro atoms. The first-order chi connectivity index (χ1) is 7.86. The number of pyridine rings is 1. The number of halogens is 1. The van der Waals surface area contributed by atoms with E-state index in [2.05, 4.69) is 13.7 Å². The first-order valence-corrected chi connectivity index (χ1v) is 5.78. The van der Waals surface area contributed by atoms with Crippen LogP contribution in [0.1, 0.15) is 0 Å². The minimum absolute atomic E-state index is 0.446. The molecule has 78 valence electrons. The molecule has 0 fully saturated rings. The molecule has 0 aliphatic carbocycles. The summed E-state index contributed by atoms with van der Waals surface area (Å²) < 4.78 is 8.18. The predicted octanol–water partition coefficient (Wildman–Crippen LogP) is 3.41. The van der Waals surface area contributed by atoms with Crippen molar-refractivity contribution in [3.05, 3.63) is 41.8 Å². The number of benzene rings is 1. The summed E-state index contributed by atoms with van der Waals surface area (Å²) in [6.07, 6.45) is 3.59. The van der Waals surface area contributed by atoms with Crippen LogP contribution in [0, 0.1) is 0 Å². The van der Waals surface area contributed by atoms with Crippen LogP contribution in [0.15, 0.2) is 36.7 Å². The molecule has 2 aromatic heterocycles. The normalized spacial score (nSPS) is 10.8. The van der Waals surface area contributed by atoms with Crippen molar-refractivity contribution in [1.29, 1.82) is 0 Å². The molecule has 0 bridgehead atoms. The zero-order chi connectivity index (χ0) is 11.0. The second kappa shape index (κ2) is 3.81. The molecule has 3 nitrogen and oxygen atoms in total. The van der Waals surface area contributed by atoms with Crippen molar-refractivity contribution < 1.29 is 0 Å². The zero-order valence-electron chi connectivity index (χ0n) is 8.09. The molecule has 5 heteroatoms. The summed E-state index contributed by atoms with van der Waals surface area (Å²) in [5, 5.41) is 2.61. The Morgan fingerprint density at radius 2 is 2.06 bits per heavy atom. The average Bonchev–Trinajstić information content (AvgIpc) is 2.75. The third-order valence-electron chi connectivity index (χ3n) is 2.39. The fourth-order valence-corrected chi connectivity index (χ4v) is 2.41. The third-order valence-corrected chi connectivity index (χ3v) is 3.28. The van der Waals surface area contributed by atoms with Crippen LogP contribution >= 0.6 is 23.3 Å². The largest absolute Gasteiger partial charge is 0.264 e. The van der Waals surface area contributed by atoms with Crippen molar-refractivity contribution in [1.82, 2.24) is 13.7 Å². The fraction of sp³-hybridized carbons (Fsp3) is 0. The Labute approximate surface area is 101 Å². The first-order valence-electron chi connectivity index (χ1n) is 4.67. The molecular formula is C11H6ClN3S. The highest BCUT2D eigenvalue weighted by Gasteiger charge is 2.11. The minimum Gasteiger partial charge on any atom is -0.264 e. The summed E-state index contributed by atoms with van der Waals surface area (Å²) in [7, 11) is 0. The smallest absolute Gasteiger partial charge is 0.170 e. The van der Waals surface area contributed by atoms with Crippen LogP contribution in [0.25, 0.3) is 22.0 Å². The van der Waals surface area contributed by atoms with Gasteiger partial charge in [-0.05, 0) is 11.5 Å². The Kier molecular flexibility index (Phi) is 2.31. The minimum atomic E-state index is 0.446. The molecule has 0 unspecified atom stereocenters. The van der Waals surface area contributed by atoms with Gasteiger partial charge in [-0.2, -0.15) is 8.75 Å². The number of rotatable bonds is 1. The lowest BCUT2D eigenvalue weighted by Crippen LogP contribution is -1.83. The lowest BCUT2D eigenvalue weighted by Gasteiger charge is -2.02. The van der Waals surface area contributed by atoms with E-state index in [-0.39, 0.29) is 0 Å². The van der Waals surface area contributed by atoms with Gasteiger partial charge in [-0.1, -0.05) is 29.8 Å². The van der Waals surface area contributed by atoms with E-state index in [1.165, 1.54) is 0 Å². The Bertz CT molecular complexity index is 645. The van der Waals surface area contributed by atoms with Crippen molar-refractivity contribution in [3.8, 4) is 11.3 Å². The Balaban J connectivity index is 2.36. The molecular weight excluding hydrogens is 242 g/mol. The van der Waals surface area contributed by atoms with E-state index in [9.17, 15) is 0 Å². The molecule has 0 amide bonds. The molecule has 0 radical (unpaired) electrons. The van der Waals surface area contributed by atoms with Crippen LogP contribution < -0.4 is 0 Å². The van der Waals surface area contributed by atoms with Gasteiger partial charge in [0.05, 0.1) is 11.7 Å². The maximum Gasteiger partial charge on any atom is 0.170 e. The monoisotopic (exact) mass is 247 g/mol. The summed E-state index contributed by atoms with van der Waals surface area (Å²) in [5.41, 5.74) is 1.70. The molecule has 0 saturated carbocycles. The third kappa shape index (κ3) is 1.47. The van der Waals surface area contributed by atoms with Crippen LogP contribution in [-0.2, 0) is 0 Å². The molecule has 3 aromatic rings. The van der Waals surface area contributed by atoms with E-state index in [0.29, 0.717) is 5.15 Å². The number of hydrogen-bond donors (Lipinski definition) is 0. The van der Waals surface area contributed by atoms with Crippen molar-refractivity contribution in [2.75, 3.05) is 0 Å². The maximum absolute atomic E-state index is 5.99. The topological polar surface area (TPSA) is 38.7 Å². The lowest BCUT2D eigenvalue weighted by atomic mass is 10.1. The van der Waals surface area contributed by atoms with Gasteiger partial charge in [0, 0.05) is 23.3 Å². The van der Waals surface area contributed by atoms with E-state index in [1.807, 2.05) is 30.5 Å². The second-order valence-corrected chi connectivity index (χ2v) is 4.19. The summed E-state index contributed by atoms with van der Waals surface area (Å²) in [6.45, 7) is 0. The summed E-state index contributed by atoms with van der Waals surface area (Å²) in [5.74, 6) is 0. The van der Waals surface area contributed by atoms with Crippen LogP contribution in [0.4, 0.5) is 0 Å². The van der Waals surface area contributed by atoms with E-state index >= 15 is 0 Å². The quantitative estimate of drug-likeness (QED) is 0.662. The maximum atomic E-state index is 5.99. The molecule has 16 heavy (non-hydrogen) atoms. The zero-order valence-corrected chi connectivity index (χ0v) is 9.66. The number of hydrogen-bond acceptors (Lipinski definition) is 4. The van der Waals surface area contributed by atoms with Crippen molar-refractivity contribution >= 4 is 34.1 Å². The molecule has 0 N–H and O–H groups in total. The Hall–Kier alpha value is -1.52. The van der Waals surface area contributed by atoms with Gasteiger partial charge in [0.2, 0.25) is 0 Å². The van der Waals surface area contributed by atoms with Gasteiger partial charge in [-0.15, -0.1) is 0 Å². The van der Waals surface area contributed by atoms with Crippen molar-refractivity contribution in [3.63, 3.8) is 0 Å². The fourth-order valence-electron chi connectivity index (χ4n) is 1.66. The van der Waals surface area contributed by atoms with Crippen LogP contribution in [0.5, 0.6) is 0 Å². The van der Waals surface area contributed by atoms with E-state index in [1.54, 1.807) is 6.20 Å². The Morgan fingerprint density at radius 3 is 2.88 bits per heavy atom. The molecule has 3 rings (SSSR count). The van der Waals surface area contributed by atoms with E-state index in [0.717, 1.165) is 33.8 Å². The molecule has 0 aliphatic heterocycles. The molecule has 0 aliphatic rings. The van der Waals surface area contributed by atoms with Crippen LogP contribution in [0.2, 0.25) is 5.15 Å². The first kappa shape index (κ1) is 9.69. The summed E-state index contributed by atoms with van der Waals surface area (Å²) >= 11 is 7.11. The molecule has 2 heterocycles. The SMILES string of the molecule is Clc1nsnc1-c1cccc2ccncc12. The van der Waals surface area contributed by atoms with Gasteiger partial charge >= 0.3 is 0 Å². The molecule has 1 aromatic carbocycles. The number of fused-ring (bicyclic) bond motifs is 1. The van der Waals surface area contributed by atoms with Crippen molar-refractivity contribution in [2.24, 2.45) is 0 Å². The number of nitrogens with zero attached hydrogens (tertiary/aromatic N) is 3. The Morgan fingerprint density at radius 1 is 1.12 bits per heavy atom. The highest BCUT2D eigenvalue weighted by molar-refractivity contribution is 6.99. The van der Waals surface area contributed by atoms with E-state index < -0.39 is 0 Å². The second-order valence-electron chi connectivity index (χ2n) is 3.31. The molecule has 0 atom stereocenters. The van der Waals surface area contributed by atoms with Gasteiger partial charge in [0.1, 0.15) is 5.69 Å². The highest BCUT2D eigenvalue weighted by atomic mass is 35.5. The van der Waals surface area contributed by atoms with Crippen LogP contribution in [0.3, 0.4) is 0 Å². The van der Waals surface area contributed by atoms with E-state index in [4.69, 9.17) is 11.6 Å².